The smallest absolute Gasteiger partial charge is 1.00 e. The van der Waals surface area contributed by atoms with E-state index in [0.29, 0.717) is 34.0 Å². The van der Waals surface area contributed by atoms with Gasteiger partial charge in [-0.05, 0) is 249 Å². The number of aliphatic hydroxyl groups excluding tert-OH is 4. The first-order valence-corrected chi connectivity index (χ1v) is 48.8. The van der Waals surface area contributed by atoms with Gasteiger partial charge in [0, 0.05) is 119 Å². The summed E-state index contributed by atoms with van der Waals surface area (Å²) in [7, 11) is 14.0. The summed E-state index contributed by atoms with van der Waals surface area (Å²) in [6.07, 6.45) is 46.7. The molecule has 7 unspecified atom stereocenters. The Morgan fingerprint density at radius 3 is 1.11 bits per heavy atom. The standard InChI is InChI=1S/C19H21ClN4O2.C18H22ClN5O.C18H21ClN4O.C17H20ClN5O.C8H13IO2.C8H14O3.2C4H8O.CH4.Al.ClH.Li.4H/c1-23-11-15(10-21-23)24-18-8-16(17(20)7-14(18)9-22-24)12-4-3-5-13(6-12)19(25)26-2;1-22-4-3-12(5-14(22)11-25)16-7-18-13(6-17(16)19)8-21-24(18)15-9-20-23(2)10-15;1-22-10-15(9-20-22)23-18-7-16(17(19)6-14(18)8-21-23)13-4-2-3-12(5-13)11-24;1-22-9-14(8-20-22)23-17-6-15(16(18)5-12(17)7-21-23)11-2-3-19-13(4-11)10-24;2*1-11-8(10)6-3-2-4-7(9)5-6;2*1-2-4-5-3-1;;;;;;;;/h7-13H,3-6H2,1-2H3;6-10,12,14,25H,3-5,11H2,1-2H3;6-10,12-13,24H,2-5,11H2,1H3;5-9,11,13,19,24H,2-4,10H2,1H3;6-7H,2-5H2,1H3;6-7,9H,2-5H2,1H3;2*1-4H2;1H4;;1H;;;;;/q;;;;;;;;;;;+1;;;;-1/t12?,13-;;;;6-,7+;6-,7-;;;;;;;;;;/m0...00........../s1. The van der Waals surface area contributed by atoms with Crippen molar-refractivity contribution in [1.29, 1.82) is 0 Å². The molecule has 732 valence electrons. The van der Waals surface area contributed by atoms with Gasteiger partial charge < -0.3 is 55.8 Å². The second kappa shape index (κ2) is 54.7. The number of nitrogens with zero attached hydrogens (tertiary/aromatic N) is 17. The van der Waals surface area contributed by atoms with Gasteiger partial charge in [0.15, 0.2) is 17.4 Å². The maximum atomic E-state index is 12.0. The molecule has 4 aromatic carbocycles. The van der Waals surface area contributed by atoms with Gasteiger partial charge in [-0.15, -0.1) is 12.4 Å². The minimum Gasteiger partial charge on any atom is -1.00 e. The Bertz CT molecular complexity index is 5510. The van der Waals surface area contributed by atoms with Gasteiger partial charge in [0.1, 0.15) is 22.7 Å². The Kier molecular flexibility index (Phi) is 45.2. The van der Waals surface area contributed by atoms with E-state index in [0.717, 1.165) is 252 Å². The van der Waals surface area contributed by atoms with Gasteiger partial charge in [-0.1, -0.05) is 102 Å². The number of aromatic nitrogens is 16. The molecule has 8 aromatic heterocycles. The Hall–Kier alpha value is -7.00. The molecule has 12 atom stereocenters. The van der Waals surface area contributed by atoms with E-state index in [-0.39, 0.29) is 137 Å². The summed E-state index contributed by atoms with van der Waals surface area (Å²) in [6, 6.07) is 16.9. The molecule has 0 bridgehead atoms. The number of carbonyl (C=O) groups is 3. The molecule has 0 spiro atoms. The van der Waals surface area contributed by atoms with Crippen LogP contribution in [0.4, 0.5) is 0 Å². The average molecular weight is 2080 g/mol. The number of alkyl halides is 1. The fourth-order valence-corrected chi connectivity index (χ4v) is 21.5. The van der Waals surface area contributed by atoms with E-state index in [9.17, 15) is 34.8 Å². The van der Waals surface area contributed by atoms with Crippen LogP contribution in [-0.4, -0.2) is 249 Å². The van der Waals surface area contributed by atoms with Crippen molar-refractivity contribution >= 4 is 160 Å². The maximum absolute atomic E-state index is 12.0. The topological polar surface area (TPSA) is 336 Å². The number of rotatable bonds is 14. The number of hydrogen-bond acceptors (Lipinski definition) is 22. The number of likely N-dealkylation sites (tertiary alicyclic amines) is 1. The molecule has 8 fully saturated rings. The number of ether oxygens (including phenoxy) is 5. The van der Waals surface area contributed by atoms with Crippen LogP contribution in [0.15, 0.2) is 123 Å². The van der Waals surface area contributed by atoms with Crippen LogP contribution in [0.5, 0.6) is 0 Å². The van der Waals surface area contributed by atoms with Crippen molar-refractivity contribution in [3.63, 3.8) is 0 Å². The summed E-state index contributed by atoms with van der Waals surface area (Å²) in [4.78, 5) is 36.3. The summed E-state index contributed by atoms with van der Waals surface area (Å²) in [5.74, 6) is 1.49. The Labute approximate surface area is 855 Å². The summed E-state index contributed by atoms with van der Waals surface area (Å²) in [6.45, 7) is 6.46. The van der Waals surface area contributed by atoms with E-state index < -0.39 is 0 Å². The number of likely N-dealkylation sites (N-methyl/N-ethyl adjacent to an activating group) is 1. The number of fused-ring (bicyclic) bond motifs is 4. The van der Waals surface area contributed by atoms with Crippen molar-refractivity contribution in [2.75, 3.05) is 87.7 Å². The van der Waals surface area contributed by atoms with Crippen LogP contribution in [-0.2, 0) is 66.3 Å². The number of piperidine rings is 2. The van der Waals surface area contributed by atoms with Crippen molar-refractivity contribution in [3.05, 3.63) is 165 Å². The molecule has 4 aliphatic heterocycles. The summed E-state index contributed by atoms with van der Waals surface area (Å²) in [5, 5.41) is 83.2. The van der Waals surface area contributed by atoms with Gasteiger partial charge in [0.25, 0.3) is 0 Å². The minimum absolute atomic E-state index is 0. The van der Waals surface area contributed by atoms with Crippen LogP contribution >= 0.6 is 81.4 Å². The molecular formula is C97H136AlCl5ILiN18O12. The average Bonchev–Trinajstić information content (AvgIpc) is 1.64. The number of aliphatic hydroxyl groups is 4. The molecule has 4 saturated carbocycles. The molecule has 4 saturated heterocycles. The van der Waals surface area contributed by atoms with Gasteiger partial charge in [-0.2, -0.15) is 40.8 Å². The summed E-state index contributed by atoms with van der Waals surface area (Å²) >= 11 is 28.7. The van der Waals surface area contributed by atoms with Crippen molar-refractivity contribution in [3.8, 4) is 22.7 Å². The van der Waals surface area contributed by atoms with Crippen LogP contribution in [0.2, 0.25) is 20.1 Å². The molecule has 5 N–H and O–H groups in total. The number of aryl methyl sites for hydroxylation is 4. The quantitative estimate of drug-likeness (QED) is 0.0222. The van der Waals surface area contributed by atoms with Crippen molar-refractivity contribution in [1.82, 2.24) is 88.5 Å². The molecule has 0 radical (unpaired) electrons. The predicted molar refractivity (Wildman–Crippen MR) is 543 cm³/mol. The zero-order valence-corrected chi connectivity index (χ0v) is 83.8. The molecule has 12 heterocycles. The van der Waals surface area contributed by atoms with E-state index >= 15 is 0 Å². The van der Waals surface area contributed by atoms with Crippen molar-refractivity contribution < 1.29 is 78.8 Å². The first-order chi connectivity index (χ1) is 63.4. The Morgan fingerprint density at radius 1 is 0.430 bits per heavy atom. The second-order valence-electron chi connectivity index (χ2n) is 35.7. The van der Waals surface area contributed by atoms with Crippen molar-refractivity contribution in [2.45, 2.75) is 207 Å². The Balaban J connectivity index is 0.000000199. The largest absolute Gasteiger partial charge is 1.00 e. The third kappa shape index (κ3) is 29.8. The first-order valence-electron chi connectivity index (χ1n) is 46.0. The van der Waals surface area contributed by atoms with Crippen LogP contribution in [0.25, 0.3) is 66.4 Å². The van der Waals surface area contributed by atoms with E-state index in [2.05, 4.69) is 110 Å². The number of esters is 3. The molecule has 30 nitrogen and oxygen atoms in total. The van der Waals surface area contributed by atoms with Crippen LogP contribution in [0.1, 0.15) is 209 Å². The first kappa shape index (κ1) is 112. The number of hydrogen-bond donors (Lipinski definition) is 5. The van der Waals surface area contributed by atoms with Gasteiger partial charge in [-0.25, -0.2) is 18.7 Å². The van der Waals surface area contributed by atoms with Crippen molar-refractivity contribution in [2.24, 2.45) is 51.9 Å². The van der Waals surface area contributed by atoms with E-state index in [1.54, 1.807) is 37.3 Å². The molecule has 20 rings (SSSR count). The van der Waals surface area contributed by atoms with Gasteiger partial charge in [-0.3, -0.25) is 33.1 Å². The maximum Gasteiger partial charge on any atom is 1.00 e. The summed E-state index contributed by atoms with van der Waals surface area (Å²) < 4.78 is 39.4. The predicted octanol–water partition coefficient (Wildman–Crippen LogP) is 13.8. The van der Waals surface area contributed by atoms with Crippen LogP contribution in [0, 0.1) is 23.7 Å². The van der Waals surface area contributed by atoms with Crippen LogP contribution in [0.3, 0.4) is 0 Å². The molecule has 12 aromatic rings. The van der Waals surface area contributed by atoms with E-state index in [1.165, 1.54) is 65.4 Å². The number of halogens is 6. The number of carbonyl (C=O) groups excluding carboxylic acids is 3. The number of benzene rings is 4. The van der Waals surface area contributed by atoms with Gasteiger partial charge in [0.05, 0.1) is 155 Å². The number of nitrogens with one attached hydrogen (secondary N) is 1. The molecule has 135 heavy (non-hydrogen) atoms. The van der Waals surface area contributed by atoms with E-state index in [1.807, 2.05) is 127 Å². The number of methoxy groups -OCH3 is 3. The zero-order chi connectivity index (χ0) is 92.8. The molecule has 4 aliphatic carbocycles. The second-order valence-corrected chi connectivity index (χ2v) is 39.1. The van der Waals surface area contributed by atoms with E-state index in [4.69, 9.17) is 65.4 Å². The Morgan fingerprint density at radius 2 is 0.778 bits per heavy atom. The fraction of sp³-hybridized carbons (Fsp3) is 0.557. The van der Waals surface area contributed by atoms with Gasteiger partial charge in [0.2, 0.25) is 0 Å². The zero-order valence-electron chi connectivity index (χ0n) is 78.8. The molecule has 8 aliphatic rings. The van der Waals surface area contributed by atoms with Gasteiger partial charge >= 0.3 is 36.8 Å². The fourth-order valence-electron chi connectivity index (χ4n) is 19.2. The summed E-state index contributed by atoms with van der Waals surface area (Å²) in [5.41, 5.74) is 12.4. The third-order valence-corrected chi connectivity index (χ3v) is 28.9. The monoisotopic (exact) mass is 2080 g/mol. The normalized spacial score (nSPS) is 22.5. The van der Waals surface area contributed by atoms with Crippen LogP contribution < -0.4 is 24.2 Å². The minimum atomic E-state index is -0.298. The molecular weight excluding hydrogens is 1950 g/mol. The SMILES string of the molecule is C.C1CCOC1.C1CCOC1.CN1CCC(c2cc3c(cnn3-c3cnn(C)c3)cc2Cl)CC1CO.COC(=O)[C@H]1CCCC(c2cc3c(cnn3-c3cnn(C)c3)cc2Cl)C1.COC(=O)[C@H]1CCC[C@@H](I)C1.COC(=O)[C@H]1CCC[C@H](O)C1.Cl.Cn1cc(-n2ncc3cc(Cl)c(C4CCCC(CO)C4)cc32)cn1.Cn1cc(-n2ncc3cc(Cl)c(C4CCNC(CO)C4)cc32)cn1.[AlH3].[H-].[Li+]. The third-order valence-electron chi connectivity index (χ3n) is 26.4. The molecule has 0 amide bonds. The molecule has 38 heteroatoms.